The maximum atomic E-state index is 4.54. The summed E-state index contributed by atoms with van der Waals surface area (Å²) in [4.78, 5) is 2.60. The number of likely N-dealkylation sites (N-methyl/N-ethyl adjacent to an activating group) is 1. The highest BCUT2D eigenvalue weighted by Crippen LogP contribution is 2.37. The van der Waals surface area contributed by atoms with Crippen LogP contribution in [0.1, 0.15) is 58.3 Å². The molecule has 1 aromatic rings. The van der Waals surface area contributed by atoms with Gasteiger partial charge in [-0.05, 0) is 76.6 Å². The molecule has 1 fully saturated rings. The number of nitrogens with zero attached hydrogens (tertiary/aromatic N) is 3. The first-order valence-corrected chi connectivity index (χ1v) is 8.34. The summed E-state index contributed by atoms with van der Waals surface area (Å²) in [5.74, 6) is 0. The number of aromatic nitrogens is 2. The van der Waals surface area contributed by atoms with E-state index in [1.807, 2.05) is 13.2 Å². The highest BCUT2D eigenvalue weighted by molar-refractivity contribution is 9.10. The van der Waals surface area contributed by atoms with Crippen LogP contribution >= 0.6 is 15.9 Å². The van der Waals surface area contributed by atoms with Crippen molar-refractivity contribution >= 4 is 15.9 Å². The number of nitrogens with one attached hydrogen (secondary N) is 1. The molecule has 1 aliphatic heterocycles. The topological polar surface area (TPSA) is 33.1 Å². The van der Waals surface area contributed by atoms with Crippen molar-refractivity contribution < 1.29 is 0 Å². The summed E-state index contributed by atoms with van der Waals surface area (Å²) in [5.41, 5.74) is 1.32. The van der Waals surface area contributed by atoms with E-state index in [0.29, 0.717) is 6.04 Å². The van der Waals surface area contributed by atoms with Crippen molar-refractivity contribution in [2.75, 3.05) is 20.1 Å². The second kappa shape index (κ2) is 6.16. The molecule has 2 rings (SSSR count). The van der Waals surface area contributed by atoms with Crippen molar-refractivity contribution in [3.63, 3.8) is 0 Å². The van der Waals surface area contributed by atoms with Crippen molar-refractivity contribution in [3.8, 4) is 0 Å². The lowest BCUT2D eigenvalue weighted by molar-refractivity contribution is 0.105. The van der Waals surface area contributed by atoms with Crippen LogP contribution in [0.4, 0.5) is 0 Å². The standard InChI is InChI=1S/C15H27BrN4/c1-11(2)20-13(12(16)10-18-20)14(17-5)15(3,4)19-8-6-7-9-19/h10-11,14,17H,6-9H2,1-5H3. The highest BCUT2D eigenvalue weighted by atomic mass is 79.9. The van der Waals surface area contributed by atoms with Crippen LogP contribution in [-0.2, 0) is 0 Å². The summed E-state index contributed by atoms with van der Waals surface area (Å²) < 4.78 is 3.22. The van der Waals surface area contributed by atoms with Crippen molar-refractivity contribution in [2.45, 2.75) is 58.2 Å². The molecule has 0 aliphatic carbocycles. The first-order valence-electron chi connectivity index (χ1n) is 7.54. The molecular weight excluding hydrogens is 316 g/mol. The monoisotopic (exact) mass is 342 g/mol. The van der Waals surface area contributed by atoms with Crippen molar-refractivity contribution in [1.82, 2.24) is 20.0 Å². The molecule has 1 aliphatic rings. The van der Waals surface area contributed by atoms with Crippen LogP contribution in [-0.4, -0.2) is 40.4 Å². The molecule has 1 atom stereocenters. The van der Waals surface area contributed by atoms with Crippen LogP contribution in [0.15, 0.2) is 10.7 Å². The van der Waals surface area contributed by atoms with Crippen LogP contribution in [0.25, 0.3) is 0 Å². The molecule has 0 saturated carbocycles. The lowest BCUT2D eigenvalue weighted by Gasteiger charge is -2.42. The quantitative estimate of drug-likeness (QED) is 0.890. The third-order valence-electron chi connectivity index (χ3n) is 4.47. The number of hydrogen-bond acceptors (Lipinski definition) is 3. The Labute approximate surface area is 131 Å². The Morgan fingerprint density at radius 2 is 1.90 bits per heavy atom. The van der Waals surface area contributed by atoms with Gasteiger partial charge in [0.25, 0.3) is 0 Å². The summed E-state index contributed by atoms with van der Waals surface area (Å²) in [6.07, 6.45) is 4.54. The Morgan fingerprint density at radius 3 is 2.40 bits per heavy atom. The second-order valence-electron chi connectivity index (χ2n) is 6.49. The largest absolute Gasteiger partial charge is 0.310 e. The Kier molecular flexibility index (Phi) is 4.92. The van der Waals surface area contributed by atoms with E-state index in [-0.39, 0.29) is 11.6 Å². The SMILES string of the molecule is CNC(c1c(Br)cnn1C(C)C)C(C)(C)N1CCCC1. The van der Waals surface area contributed by atoms with Gasteiger partial charge in [0.15, 0.2) is 0 Å². The first kappa shape index (κ1) is 16.0. The predicted molar refractivity (Wildman–Crippen MR) is 87.0 cm³/mol. The lowest BCUT2D eigenvalue weighted by Crippen LogP contribution is -2.51. The van der Waals surface area contributed by atoms with Crippen LogP contribution in [0, 0.1) is 0 Å². The predicted octanol–water partition coefficient (Wildman–Crippen LogP) is 3.36. The maximum absolute atomic E-state index is 4.54. The number of hydrogen-bond donors (Lipinski definition) is 1. The molecule has 2 heterocycles. The lowest BCUT2D eigenvalue weighted by atomic mass is 9.90. The third-order valence-corrected chi connectivity index (χ3v) is 5.08. The molecule has 0 bridgehead atoms. The average Bonchev–Trinajstić information content (AvgIpc) is 3.00. The zero-order chi connectivity index (χ0) is 14.9. The van der Waals surface area contributed by atoms with E-state index in [2.05, 4.69) is 63.6 Å². The Hall–Kier alpha value is -0.390. The molecule has 4 nitrogen and oxygen atoms in total. The van der Waals surface area contributed by atoms with Crippen LogP contribution in [0.2, 0.25) is 0 Å². The Balaban J connectivity index is 2.39. The normalized spacial score (nSPS) is 18.9. The van der Waals surface area contributed by atoms with Gasteiger partial charge in [-0.15, -0.1) is 0 Å². The molecule has 1 N–H and O–H groups in total. The summed E-state index contributed by atoms with van der Waals surface area (Å²) >= 11 is 3.69. The molecule has 0 aromatic carbocycles. The minimum Gasteiger partial charge on any atom is -0.310 e. The molecule has 114 valence electrons. The summed E-state index contributed by atoms with van der Waals surface area (Å²) in [6, 6.07) is 0.612. The van der Waals surface area contributed by atoms with Crippen molar-refractivity contribution in [3.05, 3.63) is 16.4 Å². The molecule has 0 amide bonds. The smallest absolute Gasteiger partial charge is 0.0717 e. The van der Waals surface area contributed by atoms with Crippen LogP contribution < -0.4 is 5.32 Å². The summed E-state index contributed by atoms with van der Waals surface area (Å²) in [5, 5.41) is 8.06. The van der Waals surface area contributed by atoms with Gasteiger partial charge < -0.3 is 5.32 Å². The van der Waals surface area contributed by atoms with Gasteiger partial charge in [0.2, 0.25) is 0 Å². The van der Waals surface area contributed by atoms with Gasteiger partial charge in [0.1, 0.15) is 0 Å². The van der Waals surface area contributed by atoms with Crippen LogP contribution in [0.3, 0.4) is 0 Å². The van der Waals surface area contributed by atoms with Gasteiger partial charge in [-0.3, -0.25) is 9.58 Å². The van der Waals surface area contributed by atoms with Gasteiger partial charge >= 0.3 is 0 Å². The molecule has 1 saturated heterocycles. The van der Waals surface area contributed by atoms with E-state index < -0.39 is 0 Å². The van der Waals surface area contributed by atoms with E-state index in [9.17, 15) is 0 Å². The zero-order valence-corrected chi connectivity index (χ0v) is 14.9. The van der Waals surface area contributed by atoms with E-state index in [1.54, 1.807) is 0 Å². The number of likely N-dealkylation sites (tertiary alicyclic amines) is 1. The molecule has 0 spiro atoms. The van der Waals surface area contributed by atoms with Crippen molar-refractivity contribution in [1.29, 1.82) is 0 Å². The van der Waals surface area contributed by atoms with Gasteiger partial charge in [-0.25, -0.2) is 0 Å². The summed E-state index contributed by atoms with van der Waals surface area (Å²) in [7, 11) is 2.05. The molecule has 20 heavy (non-hydrogen) atoms. The molecule has 1 aromatic heterocycles. The zero-order valence-electron chi connectivity index (χ0n) is 13.3. The fourth-order valence-corrected chi connectivity index (χ4v) is 3.84. The van der Waals surface area contributed by atoms with Crippen molar-refractivity contribution in [2.24, 2.45) is 0 Å². The van der Waals surface area contributed by atoms with Gasteiger partial charge in [-0.1, -0.05) is 0 Å². The van der Waals surface area contributed by atoms with Gasteiger partial charge in [0.05, 0.1) is 22.4 Å². The maximum Gasteiger partial charge on any atom is 0.0717 e. The molecule has 0 radical (unpaired) electrons. The highest BCUT2D eigenvalue weighted by Gasteiger charge is 2.39. The van der Waals surface area contributed by atoms with E-state index >= 15 is 0 Å². The summed E-state index contributed by atoms with van der Waals surface area (Å²) in [6.45, 7) is 11.4. The number of rotatable bonds is 5. The van der Waals surface area contributed by atoms with Gasteiger partial charge in [-0.2, -0.15) is 5.10 Å². The minimum absolute atomic E-state index is 0.0699. The second-order valence-corrected chi connectivity index (χ2v) is 7.34. The molecular formula is C15H27BrN4. The van der Waals surface area contributed by atoms with E-state index in [0.717, 1.165) is 4.47 Å². The van der Waals surface area contributed by atoms with Crippen LogP contribution in [0.5, 0.6) is 0 Å². The van der Waals surface area contributed by atoms with E-state index in [1.165, 1.54) is 31.6 Å². The Bertz CT molecular complexity index is 447. The van der Waals surface area contributed by atoms with E-state index in [4.69, 9.17) is 0 Å². The number of halogens is 1. The minimum atomic E-state index is 0.0699. The fourth-order valence-electron chi connectivity index (χ4n) is 3.33. The molecule has 5 heteroatoms. The Morgan fingerprint density at radius 1 is 1.30 bits per heavy atom. The fraction of sp³-hybridized carbons (Fsp3) is 0.800. The average molecular weight is 343 g/mol. The first-order chi connectivity index (χ1) is 9.39. The molecule has 1 unspecified atom stereocenters. The van der Waals surface area contributed by atoms with Gasteiger partial charge in [0, 0.05) is 11.6 Å². The third kappa shape index (κ3) is 2.81.